The van der Waals surface area contributed by atoms with Gasteiger partial charge >= 0.3 is 0 Å². The largest absolute Gasteiger partial charge is 0.376 e. The molecule has 6 heteroatoms. The third kappa shape index (κ3) is 2.95. The fraction of sp³-hybridized carbons (Fsp3) is 0.250. The molecule has 0 aliphatic carbocycles. The van der Waals surface area contributed by atoms with E-state index in [0.717, 1.165) is 0 Å². The number of benzene rings is 1. The van der Waals surface area contributed by atoms with Crippen molar-refractivity contribution in [2.24, 2.45) is 5.18 Å². The summed E-state index contributed by atoms with van der Waals surface area (Å²) in [7, 11) is 0. The maximum Gasteiger partial charge on any atom is 0.117 e. The topological polar surface area (TPSA) is 73.1 Å². The molecule has 0 aliphatic heterocycles. The van der Waals surface area contributed by atoms with Gasteiger partial charge in [-0.3, -0.25) is 0 Å². The fourth-order valence-electron chi connectivity index (χ4n) is 0.932. The number of halogens is 1. The standard InChI is InChI=1S/C8H10N2O3.ClH/c11-5-10(6-12)8-3-1-7(9-13)2-4-8;/h1-4,11-12H,5-6H2;1H. The van der Waals surface area contributed by atoms with Crippen molar-refractivity contribution in [1.29, 1.82) is 0 Å². The van der Waals surface area contributed by atoms with Crippen molar-refractivity contribution in [2.75, 3.05) is 18.4 Å². The minimum Gasteiger partial charge on any atom is -0.376 e. The molecule has 1 rings (SSSR count). The summed E-state index contributed by atoms with van der Waals surface area (Å²) in [5, 5.41) is 20.3. The van der Waals surface area contributed by atoms with Gasteiger partial charge in [0, 0.05) is 5.69 Å². The molecule has 0 saturated carbocycles. The molecule has 5 nitrogen and oxygen atoms in total. The first-order valence-corrected chi connectivity index (χ1v) is 3.72. The number of nitroso groups, excluding NO2 is 1. The molecule has 0 fully saturated rings. The van der Waals surface area contributed by atoms with Gasteiger partial charge in [0.1, 0.15) is 19.1 Å². The number of aliphatic hydroxyl groups excluding tert-OH is 2. The Kier molecular flexibility index (Phi) is 5.78. The number of hydrogen-bond donors (Lipinski definition) is 2. The van der Waals surface area contributed by atoms with Crippen LogP contribution in [0.25, 0.3) is 0 Å². The summed E-state index contributed by atoms with van der Waals surface area (Å²) in [5.74, 6) is 0. The van der Waals surface area contributed by atoms with E-state index in [1.54, 1.807) is 12.1 Å². The van der Waals surface area contributed by atoms with Crippen molar-refractivity contribution in [2.45, 2.75) is 0 Å². The van der Waals surface area contributed by atoms with E-state index in [2.05, 4.69) is 5.18 Å². The molecule has 0 spiro atoms. The van der Waals surface area contributed by atoms with Crippen LogP contribution in [0.2, 0.25) is 0 Å². The van der Waals surface area contributed by atoms with Gasteiger partial charge in [0.15, 0.2) is 0 Å². The molecule has 78 valence electrons. The zero-order valence-corrected chi connectivity index (χ0v) is 8.15. The summed E-state index contributed by atoms with van der Waals surface area (Å²) < 4.78 is 0. The summed E-state index contributed by atoms with van der Waals surface area (Å²) in [5.41, 5.74) is 0.956. The maximum absolute atomic E-state index is 10.1. The second kappa shape index (κ2) is 6.31. The second-order valence-electron chi connectivity index (χ2n) is 2.43. The first kappa shape index (κ1) is 12.8. The van der Waals surface area contributed by atoms with Crippen LogP contribution in [0.5, 0.6) is 0 Å². The van der Waals surface area contributed by atoms with Crippen LogP contribution in [0.3, 0.4) is 0 Å². The van der Waals surface area contributed by atoms with Gasteiger partial charge < -0.3 is 15.1 Å². The fourth-order valence-corrected chi connectivity index (χ4v) is 0.932. The van der Waals surface area contributed by atoms with Gasteiger partial charge in [-0.2, -0.15) is 0 Å². The Morgan fingerprint density at radius 2 is 1.64 bits per heavy atom. The number of rotatable bonds is 4. The van der Waals surface area contributed by atoms with Gasteiger partial charge in [0.05, 0.1) is 0 Å². The van der Waals surface area contributed by atoms with Gasteiger partial charge in [-0.05, 0) is 29.4 Å². The van der Waals surface area contributed by atoms with Crippen LogP contribution in [0.15, 0.2) is 29.4 Å². The molecule has 0 unspecified atom stereocenters. The third-order valence-electron chi connectivity index (χ3n) is 1.66. The summed E-state index contributed by atoms with van der Waals surface area (Å²) in [6.07, 6.45) is 0. The van der Waals surface area contributed by atoms with E-state index in [9.17, 15) is 4.91 Å². The lowest BCUT2D eigenvalue weighted by Gasteiger charge is -2.18. The predicted octanol–water partition coefficient (Wildman–Crippen LogP) is 1.21. The monoisotopic (exact) mass is 218 g/mol. The average molecular weight is 219 g/mol. The highest BCUT2D eigenvalue weighted by Crippen LogP contribution is 2.18. The summed E-state index contributed by atoms with van der Waals surface area (Å²) in [6.45, 7) is -0.547. The third-order valence-corrected chi connectivity index (χ3v) is 1.66. The van der Waals surface area contributed by atoms with Crippen molar-refractivity contribution in [3.8, 4) is 0 Å². The Bertz CT molecular complexity index is 274. The maximum atomic E-state index is 10.1. The minimum atomic E-state index is -0.273. The number of nitrogens with zero attached hydrogens (tertiary/aromatic N) is 2. The van der Waals surface area contributed by atoms with Crippen LogP contribution in [-0.4, -0.2) is 23.7 Å². The molecular weight excluding hydrogens is 208 g/mol. The van der Waals surface area contributed by atoms with Crippen molar-refractivity contribution in [3.05, 3.63) is 29.2 Å². The van der Waals surface area contributed by atoms with Gasteiger partial charge in [0.25, 0.3) is 0 Å². The average Bonchev–Trinajstić information content (AvgIpc) is 2.21. The lowest BCUT2D eigenvalue weighted by molar-refractivity contribution is 0.223. The Morgan fingerprint density at radius 1 is 1.14 bits per heavy atom. The van der Waals surface area contributed by atoms with E-state index in [0.29, 0.717) is 11.4 Å². The minimum absolute atomic E-state index is 0. The molecule has 0 bridgehead atoms. The zero-order chi connectivity index (χ0) is 9.68. The summed E-state index contributed by atoms with van der Waals surface area (Å²) in [4.78, 5) is 11.4. The van der Waals surface area contributed by atoms with Crippen LogP contribution >= 0.6 is 12.4 Å². The highest BCUT2D eigenvalue weighted by Gasteiger charge is 2.02. The first-order chi connectivity index (χ1) is 6.31. The molecule has 2 N–H and O–H groups in total. The Morgan fingerprint density at radius 3 is 2.00 bits per heavy atom. The summed E-state index contributed by atoms with van der Waals surface area (Å²) >= 11 is 0. The SMILES string of the molecule is Cl.O=Nc1ccc(N(CO)CO)cc1. The Hall–Kier alpha value is -1.17. The molecule has 0 amide bonds. The zero-order valence-electron chi connectivity index (χ0n) is 7.33. The van der Waals surface area contributed by atoms with Crippen LogP contribution in [0.4, 0.5) is 11.4 Å². The Labute approximate surface area is 87.4 Å². The van der Waals surface area contributed by atoms with Crippen LogP contribution in [-0.2, 0) is 0 Å². The molecule has 14 heavy (non-hydrogen) atoms. The van der Waals surface area contributed by atoms with Crippen LogP contribution in [0, 0.1) is 4.91 Å². The molecular formula is C8H11ClN2O3. The molecule has 0 aliphatic rings. The van der Waals surface area contributed by atoms with Gasteiger partial charge in [-0.25, -0.2) is 0 Å². The van der Waals surface area contributed by atoms with Crippen LogP contribution in [0.1, 0.15) is 0 Å². The van der Waals surface area contributed by atoms with Gasteiger partial charge in [0.2, 0.25) is 0 Å². The van der Waals surface area contributed by atoms with E-state index in [-0.39, 0.29) is 25.9 Å². The lowest BCUT2D eigenvalue weighted by atomic mass is 10.3. The van der Waals surface area contributed by atoms with E-state index in [1.807, 2.05) is 0 Å². The van der Waals surface area contributed by atoms with E-state index in [1.165, 1.54) is 17.0 Å². The Balaban J connectivity index is 0.00000169. The second-order valence-corrected chi connectivity index (χ2v) is 2.43. The van der Waals surface area contributed by atoms with Crippen LogP contribution < -0.4 is 4.90 Å². The number of anilines is 1. The first-order valence-electron chi connectivity index (χ1n) is 3.72. The highest BCUT2D eigenvalue weighted by molar-refractivity contribution is 5.85. The molecule has 0 atom stereocenters. The van der Waals surface area contributed by atoms with Gasteiger partial charge in [-0.1, -0.05) is 0 Å². The molecule has 0 aromatic heterocycles. The lowest BCUT2D eigenvalue weighted by Crippen LogP contribution is -2.24. The van der Waals surface area contributed by atoms with E-state index < -0.39 is 0 Å². The van der Waals surface area contributed by atoms with Crippen molar-refractivity contribution in [3.63, 3.8) is 0 Å². The predicted molar refractivity (Wildman–Crippen MR) is 55.8 cm³/mol. The van der Waals surface area contributed by atoms with Gasteiger partial charge in [-0.15, -0.1) is 17.3 Å². The quantitative estimate of drug-likeness (QED) is 0.589. The van der Waals surface area contributed by atoms with E-state index >= 15 is 0 Å². The molecule has 0 saturated heterocycles. The smallest absolute Gasteiger partial charge is 0.117 e. The normalized spacial score (nSPS) is 9.00. The molecule has 1 aromatic rings. The molecule has 1 aromatic carbocycles. The van der Waals surface area contributed by atoms with E-state index in [4.69, 9.17) is 10.2 Å². The van der Waals surface area contributed by atoms with Crippen molar-refractivity contribution >= 4 is 23.8 Å². The van der Waals surface area contributed by atoms with Crippen molar-refractivity contribution < 1.29 is 10.2 Å². The molecule has 0 radical (unpaired) electrons. The van der Waals surface area contributed by atoms with Crippen molar-refractivity contribution in [1.82, 2.24) is 0 Å². The molecule has 0 heterocycles. The summed E-state index contributed by atoms with van der Waals surface area (Å²) in [6, 6.07) is 6.23. The number of hydrogen-bond acceptors (Lipinski definition) is 5. The number of aliphatic hydroxyl groups is 2. The highest BCUT2D eigenvalue weighted by atomic mass is 35.5.